The van der Waals surface area contributed by atoms with E-state index in [4.69, 9.17) is 5.26 Å². The number of nitriles is 1. The van der Waals surface area contributed by atoms with E-state index in [9.17, 15) is 13.9 Å². The zero-order valence-electron chi connectivity index (χ0n) is 7.54. The highest BCUT2D eigenvalue weighted by molar-refractivity contribution is 9.08. The molecular formula is C9H7BrF2N2O. The molecule has 1 heterocycles. The first kappa shape index (κ1) is 11.9. The average Bonchev–Trinajstić information content (AvgIpc) is 2.20. The molecule has 15 heavy (non-hydrogen) atoms. The van der Waals surface area contributed by atoms with E-state index in [1.807, 2.05) is 0 Å². The second kappa shape index (κ2) is 5.03. The topological polar surface area (TPSA) is 56.9 Å². The van der Waals surface area contributed by atoms with E-state index in [1.165, 1.54) is 0 Å². The molecule has 0 fully saturated rings. The van der Waals surface area contributed by atoms with Crippen LogP contribution in [0.5, 0.6) is 5.75 Å². The van der Waals surface area contributed by atoms with E-state index in [-0.39, 0.29) is 34.3 Å². The van der Waals surface area contributed by atoms with Crippen molar-refractivity contribution >= 4 is 15.9 Å². The third kappa shape index (κ3) is 2.42. The van der Waals surface area contributed by atoms with Crippen LogP contribution in [0.25, 0.3) is 0 Å². The summed E-state index contributed by atoms with van der Waals surface area (Å²) >= 11 is 3.01. The molecule has 0 amide bonds. The Morgan fingerprint density at radius 2 is 2.27 bits per heavy atom. The normalized spacial score (nSPS) is 10.3. The van der Waals surface area contributed by atoms with Gasteiger partial charge in [-0.3, -0.25) is 4.98 Å². The van der Waals surface area contributed by atoms with Crippen LogP contribution in [-0.2, 0) is 11.8 Å². The Kier molecular flexibility index (Phi) is 3.97. The van der Waals surface area contributed by atoms with Gasteiger partial charge in [0.1, 0.15) is 5.75 Å². The van der Waals surface area contributed by atoms with Gasteiger partial charge in [-0.1, -0.05) is 15.9 Å². The van der Waals surface area contributed by atoms with E-state index < -0.39 is 6.43 Å². The summed E-state index contributed by atoms with van der Waals surface area (Å²) in [6.45, 7) is 0. The fourth-order valence-corrected chi connectivity index (χ4v) is 1.80. The Hall–Kier alpha value is -1.22. The van der Waals surface area contributed by atoms with Crippen molar-refractivity contribution in [2.45, 2.75) is 18.2 Å². The number of aromatic hydroxyl groups is 1. The maximum atomic E-state index is 12.7. The minimum Gasteiger partial charge on any atom is -0.506 e. The van der Waals surface area contributed by atoms with Gasteiger partial charge < -0.3 is 5.11 Å². The molecule has 1 rings (SSSR count). The molecule has 0 bridgehead atoms. The lowest BCUT2D eigenvalue weighted by Crippen LogP contribution is -2.02. The SMILES string of the molecule is N#CCc1ncc(O)c(CBr)c1C(F)F. The van der Waals surface area contributed by atoms with Crippen molar-refractivity contribution < 1.29 is 13.9 Å². The van der Waals surface area contributed by atoms with Gasteiger partial charge in [0.15, 0.2) is 0 Å². The van der Waals surface area contributed by atoms with Crippen LogP contribution < -0.4 is 0 Å². The van der Waals surface area contributed by atoms with E-state index in [0.717, 1.165) is 6.20 Å². The first-order chi connectivity index (χ1) is 7.11. The fraction of sp³-hybridized carbons (Fsp3) is 0.333. The number of hydrogen-bond donors (Lipinski definition) is 1. The first-order valence-corrected chi connectivity index (χ1v) is 5.14. The highest BCUT2D eigenvalue weighted by Crippen LogP contribution is 2.32. The maximum absolute atomic E-state index is 12.7. The van der Waals surface area contributed by atoms with E-state index in [0.29, 0.717) is 0 Å². The van der Waals surface area contributed by atoms with Crippen molar-refractivity contribution in [3.05, 3.63) is 23.0 Å². The van der Waals surface area contributed by atoms with E-state index in [1.54, 1.807) is 6.07 Å². The lowest BCUT2D eigenvalue weighted by atomic mass is 10.1. The monoisotopic (exact) mass is 276 g/mol. The molecule has 1 aromatic rings. The molecule has 3 nitrogen and oxygen atoms in total. The molecule has 0 radical (unpaired) electrons. The lowest BCUT2D eigenvalue weighted by molar-refractivity contribution is 0.148. The zero-order chi connectivity index (χ0) is 11.4. The maximum Gasteiger partial charge on any atom is 0.266 e. The summed E-state index contributed by atoms with van der Waals surface area (Å²) in [6, 6.07) is 1.76. The molecule has 0 aliphatic carbocycles. The highest BCUT2D eigenvalue weighted by Gasteiger charge is 2.21. The molecule has 0 aromatic carbocycles. The Morgan fingerprint density at radius 3 is 2.73 bits per heavy atom. The van der Waals surface area contributed by atoms with Gasteiger partial charge in [0, 0.05) is 16.5 Å². The van der Waals surface area contributed by atoms with Gasteiger partial charge in [-0.25, -0.2) is 8.78 Å². The molecule has 0 saturated carbocycles. The Labute approximate surface area is 93.5 Å². The molecule has 0 aliphatic rings. The van der Waals surface area contributed by atoms with Gasteiger partial charge in [0.25, 0.3) is 6.43 Å². The van der Waals surface area contributed by atoms with Crippen LogP contribution in [-0.4, -0.2) is 10.1 Å². The van der Waals surface area contributed by atoms with Crippen LogP contribution in [0.4, 0.5) is 8.78 Å². The van der Waals surface area contributed by atoms with Gasteiger partial charge in [0.05, 0.1) is 24.4 Å². The fourth-order valence-electron chi connectivity index (χ4n) is 1.21. The van der Waals surface area contributed by atoms with Gasteiger partial charge in [0.2, 0.25) is 0 Å². The number of rotatable bonds is 3. The van der Waals surface area contributed by atoms with Crippen molar-refractivity contribution in [1.82, 2.24) is 4.98 Å². The average molecular weight is 277 g/mol. The number of nitrogens with zero attached hydrogens (tertiary/aromatic N) is 2. The number of alkyl halides is 3. The zero-order valence-corrected chi connectivity index (χ0v) is 9.13. The number of halogens is 3. The van der Waals surface area contributed by atoms with Crippen LogP contribution >= 0.6 is 15.9 Å². The molecule has 0 atom stereocenters. The third-order valence-corrected chi connectivity index (χ3v) is 2.45. The molecular weight excluding hydrogens is 270 g/mol. The van der Waals surface area contributed by atoms with E-state index in [2.05, 4.69) is 20.9 Å². The second-order valence-electron chi connectivity index (χ2n) is 2.75. The van der Waals surface area contributed by atoms with Crippen molar-refractivity contribution in [3.8, 4) is 11.8 Å². The molecule has 1 N–H and O–H groups in total. The summed E-state index contributed by atoms with van der Waals surface area (Å²) in [6.07, 6.45) is -1.87. The number of aromatic nitrogens is 1. The molecule has 80 valence electrons. The minimum atomic E-state index is -2.75. The van der Waals surface area contributed by atoms with Gasteiger partial charge >= 0.3 is 0 Å². The van der Waals surface area contributed by atoms with Gasteiger partial charge in [-0.15, -0.1) is 0 Å². The quantitative estimate of drug-likeness (QED) is 0.864. The minimum absolute atomic E-state index is 0.0137. The predicted molar refractivity (Wildman–Crippen MR) is 52.8 cm³/mol. The molecule has 6 heteroatoms. The van der Waals surface area contributed by atoms with Crippen molar-refractivity contribution in [2.75, 3.05) is 0 Å². The van der Waals surface area contributed by atoms with Gasteiger partial charge in [-0.05, 0) is 0 Å². The van der Waals surface area contributed by atoms with Crippen LogP contribution in [0, 0.1) is 11.3 Å². The smallest absolute Gasteiger partial charge is 0.266 e. The van der Waals surface area contributed by atoms with Crippen LogP contribution in [0.3, 0.4) is 0 Å². The molecule has 0 unspecified atom stereocenters. The van der Waals surface area contributed by atoms with Crippen LogP contribution in [0.2, 0.25) is 0 Å². The summed E-state index contributed by atoms with van der Waals surface area (Å²) in [5.74, 6) is -0.288. The standard InChI is InChI=1S/C9H7BrF2N2O/c10-3-5-7(15)4-14-6(1-2-13)8(5)9(11)12/h4,9,15H,1,3H2. The largest absolute Gasteiger partial charge is 0.506 e. The third-order valence-electron chi connectivity index (χ3n) is 1.89. The van der Waals surface area contributed by atoms with Crippen molar-refractivity contribution in [1.29, 1.82) is 5.26 Å². The summed E-state index contributed by atoms with van der Waals surface area (Å²) < 4.78 is 25.4. The summed E-state index contributed by atoms with van der Waals surface area (Å²) in [5, 5.41) is 17.9. The highest BCUT2D eigenvalue weighted by atomic mass is 79.9. The predicted octanol–water partition coefficient (Wildman–Crippen LogP) is 2.69. The summed E-state index contributed by atoms with van der Waals surface area (Å²) in [7, 11) is 0. The second-order valence-corrected chi connectivity index (χ2v) is 3.31. The summed E-state index contributed by atoms with van der Waals surface area (Å²) in [5.41, 5.74) is -0.251. The van der Waals surface area contributed by atoms with Gasteiger partial charge in [-0.2, -0.15) is 5.26 Å². The van der Waals surface area contributed by atoms with E-state index >= 15 is 0 Å². The summed E-state index contributed by atoms with van der Waals surface area (Å²) in [4.78, 5) is 3.62. The lowest BCUT2D eigenvalue weighted by Gasteiger charge is -2.11. The number of pyridine rings is 1. The molecule has 0 aliphatic heterocycles. The Bertz CT molecular complexity index is 404. The molecule has 1 aromatic heterocycles. The molecule has 0 spiro atoms. The molecule has 0 saturated heterocycles. The van der Waals surface area contributed by atoms with Crippen molar-refractivity contribution in [2.24, 2.45) is 0 Å². The number of hydrogen-bond acceptors (Lipinski definition) is 3. The Morgan fingerprint density at radius 1 is 1.60 bits per heavy atom. The van der Waals surface area contributed by atoms with Crippen LogP contribution in [0.1, 0.15) is 23.2 Å². The van der Waals surface area contributed by atoms with Crippen LogP contribution in [0.15, 0.2) is 6.20 Å². The first-order valence-electron chi connectivity index (χ1n) is 4.02. The Balaban J connectivity index is 3.36. The van der Waals surface area contributed by atoms with Crippen molar-refractivity contribution in [3.63, 3.8) is 0 Å².